The van der Waals surface area contributed by atoms with E-state index < -0.39 is 18.0 Å². The summed E-state index contributed by atoms with van der Waals surface area (Å²) in [5.74, 6) is -1.42. The zero-order valence-corrected chi connectivity index (χ0v) is 26.4. The first-order valence-corrected chi connectivity index (χ1v) is 15.1. The van der Waals surface area contributed by atoms with Crippen LogP contribution in [0.2, 0.25) is 0 Å². The van der Waals surface area contributed by atoms with Crippen LogP contribution in [-0.2, 0) is 37.1 Å². The quantitative estimate of drug-likeness (QED) is 0.392. The number of amides is 6. The van der Waals surface area contributed by atoms with Crippen LogP contribution in [0.15, 0.2) is 48.5 Å². The summed E-state index contributed by atoms with van der Waals surface area (Å²) in [5, 5.41) is 4.55. The molecule has 10 heteroatoms. The zero-order chi connectivity index (χ0) is 32.5. The molecular formula is C33H46N4O6. The highest BCUT2D eigenvalue weighted by molar-refractivity contribution is 6.05. The van der Waals surface area contributed by atoms with Crippen LogP contribution in [0.4, 0.5) is 0 Å². The highest BCUT2D eigenvalue weighted by Gasteiger charge is 2.38. The molecule has 0 radical (unpaired) electrons. The van der Waals surface area contributed by atoms with Crippen molar-refractivity contribution in [2.24, 2.45) is 0 Å². The number of hydrogen-bond donors (Lipinski definition) is 2. The summed E-state index contributed by atoms with van der Waals surface area (Å²) in [4.78, 5) is 72.1. The van der Waals surface area contributed by atoms with E-state index in [0.717, 1.165) is 16.7 Å². The highest BCUT2D eigenvalue weighted by Crippen LogP contribution is 2.27. The Morgan fingerprint density at radius 1 is 0.791 bits per heavy atom. The van der Waals surface area contributed by atoms with Gasteiger partial charge < -0.3 is 9.80 Å². The molecule has 10 nitrogen and oxygen atoms in total. The third-order valence-corrected chi connectivity index (χ3v) is 6.80. The van der Waals surface area contributed by atoms with Gasteiger partial charge in [-0.2, -0.15) is 0 Å². The maximum atomic E-state index is 12.2. The van der Waals surface area contributed by atoms with E-state index in [0.29, 0.717) is 37.9 Å². The van der Waals surface area contributed by atoms with Gasteiger partial charge in [-0.3, -0.25) is 39.4 Å². The van der Waals surface area contributed by atoms with E-state index in [1.807, 2.05) is 90.9 Å². The van der Waals surface area contributed by atoms with Gasteiger partial charge in [0.05, 0.1) is 0 Å². The standard InChI is InChI=1S/C14H16N2O3.C13H12N2O3.3C2H6/c1-10-4-2-3-5-11(10)8-16(9-17)12-6-7-13(18)15-14(12)19;16-11-6-5-10(12(17)14-11)15-7-8-3-1-2-4-9(8)13(15)18;3*1-2/h2-5,9,12H,6-8H2,1H3,(H,15,18,19);1-4,10H,5-7H2,(H,14,16,17);3*1-2H3. The normalized spacial score (nSPS) is 18.4. The molecule has 2 unspecified atom stereocenters. The van der Waals surface area contributed by atoms with Gasteiger partial charge in [-0.1, -0.05) is 84.0 Å². The van der Waals surface area contributed by atoms with Crippen molar-refractivity contribution >= 4 is 35.9 Å². The Hall–Kier alpha value is -4.34. The Labute approximate surface area is 255 Å². The third kappa shape index (κ3) is 9.87. The summed E-state index contributed by atoms with van der Waals surface area (Å²) in [6.07, 6.45) is 2.03. The average Bonchev–Trinajstić information content (AvgIpc) is 3.36. The van der Waals surface area contributed by atoms with Crippen LogP contribution in [0.3, 0.4) is 0 Å². The Kier molecular flexibility index (Phi) is 16.2. The first-order valence-electron chi connectivity index (χ1n) is 15.1. The molecule has 2 saturated heterocycles. The van der Waals surface area contributed by atoms with E-state index in [4.69, 9.17) is 0 Å². The lowest BCUT2D eigenvalue weighted by Crippen LogP contribution is -2.52. The molecule has 3 aliphatic rings. The molecular weight excluding hydrogens is 548 g/mol. The van der Waals surface area contributed by atoms with Crippen LogP contribution in [0, 0.1) is 6.92 Å². The number of hydrogen-bond acceptors (Lipinski definition) is 6. The van der Waals surface area contributed by atoms with Gasteiger partial charge in [-0.15, -0.1) is 0 Å². The second-order valence-corrected chi connectivity index (χ2v) is 9.23. The predicted molar refractivity (Wildman–Crippen MR) is 165 cm³/mol. The molecule has 5 rings (SSSR count). The first kappa shape index (κ1) is 36.7. The Balaban J connectivity index is 0.000000367. The van der Waals surface area contributed by atoms with E-state index >= 15 is 0 Å². The summed E-state index contributed by atoms with van der Waals surface area (Å²) in [7, 11) is 0. The molecule has 2 N–H and O–H groups in total. The number of piperidine rings is 2. The van der Waals surface area contributed by atoms with Crippen molar-refractivity contribution in [2.75, 3.05) is 0 Å². The second kappa shape index (κ2) is 19.0. The van der Waals surface area contributed by atoms with Crippen LogP contribution in [0.1, 0.15) is 94.3 Å². The lowest BCUT2D eigenvalue weighted by Gasteiger charge is -2.30. The van der Waals surface area contributed by atoms with Crippen LogP contribution in [0.25, 0.3) is 0 Å². The molecule has 0 aromatic heterocycles. The van der Waals surface area contributed by atoms with Crippen LogP contribution in [0.5, 0.6) is 0 Å². The van der Waals surface area contributed by atoms with Gasteiger partial charge in [0.15, 0.2) is 0 Å². The molecule has 43 heavy (non-hydrogen) atoms. The number of fused-ring (bicyclic) bond motifs is 1. The van der Waals surface area contributed by atoms with Crippen molar-refractivity contribution < 1.29 is 28.8 Å². The van der Waals surface area contributed by atoms with Gasteiger partial charge in [0.2, 0.25) is 30.0 Å². The number of nitrogens with one attached hydrogen (secondary N) is 2. The van der Waals surface area contributed by atoms with Crippen molar-refractivity contribution in [1.29, 1.82) is 0 Å². The fourth-order valence-corrected chi connectivity index (χ4v) is 4.71. The van der Waals surface area contributed by atoms with Gasteiger partial charge in [-0.05, 0) is 42.5 Å². The smallest absolute Gasteiger partial charge is 0.255 e. The summed E-state index contributed by atoms with van der Waals surface area (Å²) >= 11 is 0. The Morgan fingerprint density at radius 2 is 1.35 bits per heavy atom. The highest BCUT2D eigenvalue weighted by atomic mass is 16.2. The average molecular weight is 595 g/mol. The fourth-order valence-electron chi connectivity index (χ4n) is 4.71. The minimum atomic E-state index is -0.560. The summed E-state index contributed by atoms with van der Waals surface area (Å²) in [6, 6.07) is 14.0. The lowest BCUT2D eigenvalue weighted by atomic mass is 10.0. The van der Waals surface area contributed by atoms with Crippen molar-refractivity contribution in [2.45, 2.75) is 99.3 Å². The molecule has 0 spiro atoms. The lowest BCUT2D eigenvalue weighted by molar-refractivity contribution is -0.141. The Morgan fingerprint density at radius 3 is 1.91 bits per heavy atom. The summed E-state index contributed by atoms with van der Waals surface area (Å²) < 4.78 is 0. The minimum absolute atomic E-state index is 0.125. The number of carbonyl (C=O) groups is 6. The second-order valence-electron chi connectivity index (χ2n) is 9.23. The van der Waals surface area contributed by atoms with E-state index in [1.54, 1.807) is 11.0 Å². The molecule has 234 valence electrons. The van der Waals surface area contributed by atoms with Crippen molar-refractivity contribution in [3.63, 3.8) is 0 Å². The molecule has 3 heterocycles. The summed E-state index contributed by atoms with van der Waals surface area (Å²) in [5.41, 5.74) is 3.66. The largest absolute Gasteiger partial charge is 0.329 e. The van der Waals surface area contributed by atoms with Gasteiger partial charge in [0, 0.05) is 31.5 Å². The molecule has 6 amide bonds. The maximum Gasteiger partial charge on any atom is 0.255 e. The number of carbonyl (C=O) groups excluding carboxylic acids is 6. The van der Waals surface area contributed by atoms with Gasteiger partial charge in [0.1, 0.15) is 12.1 Å². The molecule has 2 aromatic carbocycles. The number of imide groups is 2. The van der Waals surface area contributed by atoms with E-state index in [-0.39, 0.29) is 36.5 Å². The van der Waals surface area contributed by atoms with Gasteiger partial charge in [-0.25, -0.2) is 0 Å². The van der Waals surface area contributed by atoms with Gasteiger partial charge in [0.25, 0.3) is 5.91 Å². The number of rotatable bonds is 5. The van der Waals surface area contributed by atoms with Crippen molar-refractivity contribution in [3.8, 4) is 0 Å². The molecule has 2 aromatic rings. The number of nitrogens with zero attached hydrogens (tertiary/aromatic N) is 2. The SMILES string of the molecule is CC.CC.CC.Cc1ccccc1CN(C=O)C1CCC(=O)NC1=O.O=C1CCC(N2Cc3ccccc3C2=O)C(=O)N1. The fraction of sp³-hybridized carbons (Fsp3) is 0.455. The molecule has 3 aliphatic heterocycles. The van der Waals surface area contributed by atoms with E-state index in [2.05, 4.69) is 10.6 Å². The molecule has 0 aliphatic carbocycles. The van der Waals surface area contributed by atoms with Crippen LogP contribution in [-0.4, -0.2) is 57.8 Å². The molecule has 0 bridgehead atoms. The minimum Gasteiger partial charge on any atom is -0.329 e. The van der Waals surface area contributed by atoms with E-state index in [1.165, 1.54) is 4.90 Å². The van der Waals surface area contributed by atoms with Gasteiger partial charge >= 0.3 is 0 Å². The monoisotopic (exact) mass is 594 g/mol. The number of benzene rings is 2. The van der Waals surface area contributed by atoms with Crippen molar-refractivity contribution in [1.82, 2.24) is 20.4 Å². The van der Waals surface area contributed by atoms with E-state index in [9.17, 15) is 28.8 Å². The van der Waals surface area contributed by atoms with Crippen molar-refractivity contribution in [3.05, 3.63) is 70.8 Å². The van der Waals surface area contributed by atoms with Crippen LogP contribution >= 0.6 is 0 Å². The molecule has 2 atom stereocenters. The topological polar surface area (TPSA) is 133 Å². The number of aryl methyl sites for hydroxylation is 1. The van der Waals surface area contributed by atoms with Crippen LogP contribution < -0.4 is 10.6 Å². The first-order chi connectivity index (χ1) is 20.8. The molecule has 2 fully saturated rings. The zero-order valence-electron chi connectivity index (χ0n) is 26.4. The Bertz CT molecular complexity index is 1260. The maximum absolute atomic E-state index is 12.2. The summed E-state index contributed by atoms with van der Waals surface area (Å²) in [6.45, 7) is 14.8. The molecule has 0 saturated carbocycles. The third-order valence-electron chi connectivity index (χ3n) is 6.80. The predicted octanol–water partition coefficient (Wildman–Crippen LogP) is 4.28.